The van der Waals surface area contributed by atoms with Crippen molar-refractivity contribution in [2.75, 3.05) is 26.7 Å². The standard InChI is InChI=1S/C22H48N.C2H4O2/c1-5-8-11-14-17-20-23(4,21-18-15-12-9-6-2)22-19-16-13-10-7-3;1-2(3)4/h5-22H2,1-4H3;1H3,(H,3,4)/q+1;/p-1. The van der Waals surface area contributed by atoms with Crippen molar-refractivity contribution in [1.82, 2.24) is 0 Å². The molecule has 0 rings (SSSR count). The minimum atomic E-state index is -1.08. The fourth-order valence-electron chi connectivity index (χ4n) is 3.63. The molecule has 0 amide bonds. The lowest BCUT2D eigenvalue weighted by Gasteiger charge is -2.35. The summed E-state index contributed by atoms with van der Waals surface area (Å²) in [4.78, 5) is 8.89. The Bertz CT molecular complexity index is 265. The third-order valence-electron chi connectivity index (χ3n) is 5.40. The van der Waals surface area contributed by atoms with Crippen molar-refractivity contribution >= 4 is 5.97 Å². The lowest BCUT2D eigenvalue weighted by atomic mass is 10.1. The molecule has 0 fully saturated rings. The molecule has 0 aliphatic rings. The second kappa shape index (κ2) is 21.7. The van der Waals surface area contributed by atoms with Crippen molar-refractivity contribution in [1.29, 1.82) is 0 Å². The van der Waals surface area contributed by atoms with Crippen LogP contribution in [0.2, 0.25) is 0 Å². The van der Waals surface area contributed by atoms with Crippen LogP contribution in [0.25, 0.3) is 0 Å². The number of hydrogen-bond acceptors (Lipinski definition) is 2. The van der Waals surface area contributed by atoms with Gasteiger partial charge in [0.2, 0.25) is 0 Å². The van der Waals surface area contributed by atoms with Crippen LogP contribution >= 0.6 is 0 Å². The largest absolute Gasteiger partial charge is 0.550 e. The van der Waals surface area contributed by atoms with Crippen molar-refractivity contribution in [2.45, 2.75) is 124 Å². The van der Waals surface area contributed by atoms with Crippen LogP contribution < -0.4 is 5.11 Å². The molecule has 27 heavy (non-hydrogen) atoms. The van der Waals surface area contributed by atoms with Gasteiger partial charge in [-0.15, -0.1) is 0 Å². The van der Waals surface area contributed by atoms with Gasteiger partial charge in [0.15, 0.2) is 0 Å². The number of carboxylic acids is 1. The number of nitrogens with zero attached hydrogens (tertiary/aromatic N) is 1. The number of quaternary nitrogens is 1. The van der Waals surface area contributed by atoms with Gasteiger partial charge in [-0.1, -0.05) is 78.6 Å². The minimum absolute atomic E-state index is 0.972. The average molecular weight is 386 g/mol. The van der Waals surface area contributed by atoms with Crippen LogP contribution in [-0.2, 0) is 4.79 Å². The van der Waals surface area contributed by atoms with Gasteiger partial charge in [0.1, 0.15) is 0 Å². The second-order valence-corrected chi connectivity index (χ2v) is 8.52. The van der Waals surface area contributed by atoms with Crippen molar-refractivity contribution in [3.05, 3.63) is 0 Å². The average Bonchev–Trinajstić information content (AvgIpc) is 2.61. The predicted molar refractivity (Wildman–Crippen MR) is 118 cm³/mol. The molecule has 0 aromatic carbocycles. The summed E-state index contributed by atoms with van der Waals surface area (Å²) in [6.07, 6.45) is 21.4. The van der Waals surface area contributed by atoms with E-state index in [0.29, 0.717) is 0 Å². The molecule has 0 aliphatic heterocycles. The van der Waals surface area contributed by atoms with Gasteiger partial charge in [-0.05, 0) is 45.4 Å². The van der Waals surface area contributed by atoms with E-state index in [2.05, 4.69) is 27.8 Å². The highest BCUT2D eigenvalue weighted by atomic mass is 16.4. The highest BCUT2D eigenvalue weighted by molar-refractivity contribution is 5.60. The first kappa shape index (κ1) is 28.6. The van der Waals surface area contributed by atoms with Gasteiger partial charge in [0.25, 0.3) is 0 Å². The molecule has 0 unspecified atom stereocenters. The lowest BCUT2D eigenvalue weighted by molar-refractivity contribution is -0.910. The van der Waals surface area contributed by atoms with Crippen LogP contribution in [-0.4, -0.2) is 37.1 Å². The maximum absolute atomic E-state index is 8.89. The highest BCUT2D eigenvalue weighted by Gasteiger charge is 2.19. The monoisotopic (exact) mass is 385 g/mol. The SMILES string of the molecule is CC(=O)[O-].CCCCCCC[N+](C)(CCCCCCC)CCCCCCC. The van der Waals surface area contributed by atoms with Crippen LogP contribution in [0.15, 0.2) is 0 Å². The zero-order chi connectivity index (χ0) is 20.8. The van der Waals surface area contributed by atoms with Gasteiger partial charge in [-0.3, -0.25) is 0 Å². The van der Waals surface area contributed by atoms with Crippen molar-refractivity contribution in [2.24, 2.45) is 0 Å². The van der Waals surface area contributed by atoms with Crippen molar-refractivity contribution in [3.8, 4) is 0 Å². The summed E-state index contributed by atoms with van der Waals surface area (Å²) in [5, 5.41) is 8.89. The van der Waals surface area contributed by atoms with Gasteiger partial charge in [-0.25, -0.2) is 0 Å². The summed E-state index contributed by atoms with van der Waals surface area (Å²) in [5.41, 5.74) is 0. The number of rotatable bonds is 18. The van der Waals surface area contributed by atoms with Crippen LogP contribution in [0.1, 0.15) is 124 Å². The fourth-order valence-corrected chi connectivity index (χ4v) is 3.63. The molecule has 0 aliphatic carbocycles. The van der Waals surface area contributed by atoms with E-state index in [0.717, 1.165) is 6.92 Å². The van der Waals surface area contributed by atoms with E-state index in [1.54, 1.807) is 0 Å². The molecular formula is C24H51NO2. The number of unbranched alkanes of at least 4 members (excludes halogenated alkanes) is 12. The Morgan fingerprint density at radius 3 is 1.04 bits per heavy atom. The van der Waals surface area contributed by atoms with Gasteiger partial charge in [0.05, 0.1) is 26.7 Å². The summed E-state index contributed by atoms with van der Waals surface area (Å²) in [7, 11) is 2.54. The molecule has 0 atom stereocenters. The molecular weight excluding hydrogens is 334 g/mol. The first-order valence-corrected chi connectivity index (χ1v) is 11.9. The Balaban J connectivity index is 0. The lowest BCUT2D eigenvalue weighted by Crippen LogP contribution is -2.46. The number of carboxylic acid groups (broad SMARTS) is 1. The van der Waals surface area contributed by atoms with Crippen LogP contribution in [0, 0.1) is 0 Å². The number of carbonyl (C=O) groups excluding carboxylic acids is 1. The summed E-state index contributed by atoms with van der Waals surface area (Å²) < 4.78 is 1.35. The maximum Gasteiger partial charge on any atom is 0.0784 e. The first-order valence-electron chi connectivity index (χ1n) is 11.9. The van der Waals surface area contributed by atoms with Crippen molar-refractivity contribution < 1.29 is 14.4 Å². The zero-order valence-electron chi connectivity index (χ0n) is 19.5. The Hall–Kier alpha value is -0.570. The zero-order valence-corrected chi connectivity index (χ0v) is 19.5. The van der Waals surface area contributed by atoms with Crippen LogP contribution in [0.5, 0.6) is 0 Å². The molecule has 3 heteroatoms. The normalized spacial score (nSPS) is 11.1. The van der Waals surface area contributed by atoms with E-state index in [4.69, 9.17) is 9.90 Å². The topological polar surface area (TPSA) is 40.1 Å². The second-order valence-electron chi connectivity index (χ2n) is 8.52. The number of carbonyl (C=O) groups is 1. The number of hydrogen-bond donors (Lipinski definition) is 0. The van der Waals surface area contributed by atoms with Gasteiger partial charge in [0, 0.05) is 5.97 Å². The Labute approximate surface area is 171 Å². The molecule has 0 saturated heterocycles. The fraction of sp³-hybridized carbons (Fsp3) is 0.958. The molecule has 0 spiro atoms. The third kappa shape index (κ3) is 25.4. The molecule has 0 saturated carbocycles. The summed E-state index contributed by atoms with van der Waals surface area (Å²) in [6.45, 7) is 12.2. The van der Waals surface area contributed by atoms with E-state index in [9.17, 15) is 0 Å². The van der Waals surface area contributed by atoms with E-state index in [1.807, 2.05) is 0 Å². The van der Waals surface area contributed by atoms with Crippen molar-refractivity contribution in [3.63, 3.8) is 0 Å². The third-order valence-corrected chi connectivity index (χ3v) is 5.40. The maximum atomic E-state index is 8.89. The Morgan fingerprint density at radius 1 is 0.593 bits per heavy atom. The molecule has 3 nitrogen and oxygen atoms in total. The molecule has 0 aromatic rings. The summed E-state index contributed by atoms with van der Waals surface area (Å²) >= 11 is 0. The smallest absolute Gasteiger partial charge is 0.0784 e. The molecule has 0 N–H and O–H groups in total. The van der Waals surface area contributed by atoms with Crippen LogP contribution in [0.4, 0.5) is 0 Å². The van der Waals surface area contributed by atoms with E-state index in [1.165, 1.54) is 120 Å². The van der Waals surface area contributed by atoms with Crippen LogP contribution in [0.3, 0.4) is 0 Å². The van der Waals surface area contributed by atoms with E-state index >= 15 is 0 Å². The van der Waals surface area contributed by atoms with E-state index in [-0.39, 0.29) is 0 Å². The van der Waals surface area contributed by atoms with E-state index < -0.39 is 5.97 Å². The number of aliphatic carboxylic acids is 1. The summed E-state index contributed by atoms with van der Waals surface area (Å²) in [6, 6.07) is 0. The van der Waals surface area contributed by atoms with Gasteiger partial charge >= 0.3 is 0 Å². The molecule has 0 bridgehead atoms. The summed E-state index contributed by atoms with van der Waals surface area (Å²) in [5.74, 6) is -1.08. The first-order chi connectivity index (χ1) is 12.9. The molecule has 0 radical (unpaired) electrons. The molecule has 164 valence electrons. The predicted octanol–water partition coefficient (Wildman–Crippen LogP) is 6.10. The molecule has 0 heterocycles. The van der Waals surface area contributed by atoms with Gasteiger partial charge in [-0.2, -0.15) is 0 Å². The highest BCUT2D eigenvalue weighted by Crippen LogP contribution is 2.15. The minimum Gasteiger partial charge on any atom is -0.550 e. The quantitative estimate of drug-likeness (QED) is 0.211. The Kier molecular flexibility index (Phi) is 23.0. The molecule has 0 aromatic heterocycles. The Morgan fingerprint density at radius 2 is 0.815 bits per heavy atom. The van der Waals surface area contributed by atoms with Gasteiger partial charge < -0.3 is 14.4 Å².